The van der Waals surface area contributed by atoms with Crippen LogP contribution in [0.5, 0.6) is 6.01 Å². The molecule has 3 aliphatic heterocycles. The highest BCUT2D eigenvalue weighted by atomic mass is 16.5. The third kappa shape index (κ3) is 7.61. The molecule has 5 aromatic rings. The fourth-order valence-electron chi connectivity index (χ4n) is 9.77. The number of aryl methyl sites for hydroxylation is 2. The van der Waals surface area contributed by atoms with Gasteiger partial charge in [-0.25, -0.2) is 0 Å². The number of aromatic nitrogens is 4. The summed E-state index contributed by atoms with van der Waals surface area (Å²) in [7, 11) is 5.66. The number of carbonyl (C=O) groups is 1. The van der Waals surface area contributed by atoms with E-state index < -0.39 is 5.60 Å². The first kappa shape index (κ1) is 39.7. The van der Waals surface area contributed by atoms with Gasteiger partial charge in [0.1, 0.15) is 24.1 Å². The van der Waals surface area contributed by atoms with Crippen molar-refractivity contribution < 1.29 is 14.3 Å². The molecule has 1 amide bonds. The van der Waals surface area contributed by atoms with Gasteiger partial charge in [0.25, 0.3) is 5.91 Å². The van der Waals surface area contributed by atoms with Crippen molar-refractivity contribution in [1.29, 1.82) is 5.26 Å². The molecule has 2 atom stereocenters. The van der Waals surface area contributed by atoms with Gasteiger partial charge in [0.05, 0.1) is 41.3 Å². The van der Waals surface area contributed by atoms with Gasteiger partial charge in [0.2, 0.25) is 0 Å². The first-order valence-corrected chi connectivity index (χ1v) is 21.4. The van der Waals surface area contributed by atoms with Gasteiger partial charge in [-0.3, -0.25) is 14.4 Å². The minimum atomic E-state index is -0.744. The lowest BCUT2D eigenvalue weighted by Crippen LogP contribution is -2.44. The van der Waals surface area contributed by atoms with E-state index >= 15 is 0 Å². The van der Waals surface area contributed by atoms with Gasteiger partial charge in [-0.2, -0.15) is 20.3 Å². The van der Waals surface area contributed by atoms with Crippen LogP contribution in [0, 0.1) is 11.3 Å². The number of ether oxygens (including phenoxy) is 2. The number of carbonyl (C=O) groups excluding carboxylic acids is 1. The third-order valence-electron chi connectivity index (χ3n) is 13.2. The van der Waals surface area contributed by atoms with E-state index in [0.717, 1.165) is 91.2 Å². The van der Waals surface area contributed by atoms with Crippen LogP contribution >= 0.6 is 0 Å². The zero-order chi connectivity index (χ0) is 41.4. The van der Waals surface area contributed by atoms with Crippen LogP contribution in [-0.2, 0) is 56.0 Å². The maximum absolute atomic E-state index is 12.9. The molecule has 2 aromatic heterocycles. The van der Waals surface area contributed by atoms with Crippen molar-refractivity contribution in [2.45, 2.75) is 95.8 Å². The second-order valence-electron chi connectivity index (χ2n) is 17.5. The molecular formula is C48H55N9O3. The Morgan fingerprint density at radius 2 is 1.68 bits per heavy atom. The maximum Gasteiger partial charge on any atom is 0.318 e. The lowest BCUT2D eigenvalue weighted by atomic mass is 9.72. The van der Waals surface area contributed by atoms with Crippen molar-refractivity contribution in [2.24, 2.45) is 0 Å². The van der Waals surface area contributed by atoms with Crippen LogP contribution in [0.1, 0.15) is 94.3 Å². The predicted octanol–water partition coefficient (Wildman–Crippen LogP) is 7.03. The number of rotatable bonds is 10. The van der Waals surface area contributed by atoms with Crippen LogP contribution in [0.4, 0.5) is 11.5 Å². The number of hydrogen-bond acceptors (Lipinski definition) is 10. The molecule has 0 radical (unpaired) electrons. The number of hydrogen-bond donors (Lipinski definition) is 0. The molecule has 3 aromatic carbocycles. The molecule has 1 spiro atoms. The fraction of sp³-hybridized carbons (Fsp3) is 0.438. The molecule has 0 N–H and O–H groups in total. The Bertz CT molecular complexity index is 2370. The highest BCUT2D eigenvalue weighted by Crippen LogP contribution is 2.49. The molecule has 12 heteroatoms. The lowest BCUT2D eigenvalue weighted by molar-refractivity contribution is -0.0857. The Morgan fingerprint density at radius 3 is 2.37 bits per heavy atom. The molecule has 1 aliphatic carbocycles. The van der Waals surface area contributed by atoms with Crippen LogP contribution in [0.25, 0.3) is 0 Å². The van der Waals surface area contributed by atoms with Crippen molar-refractivity contribution >= 4 is 17.4 Å². The summed E-state index contributed by atoms with van der Waals surface area (Å²) in [4.78, 5) is 31.9. The first-order chi connectivity index (χ1) is 29.1. The Labute approximate surface area is 353 Å². The average molecular weight is 806 g/mol. The highest BCUT2D eigenvalue weighted by Gasteiger charge is 2.46. The van der Waals surface area contributed by atoms with Crippen molar-refractivity contribution in [1.82, 2.24) is 29.5 Å². The Hall–Kier alpha value is -5.77. The van der Waals surface area contributed by atoms with Gasteiger partial charge in [-0.15, -0.1) is 0 Å². The zero-order valence-corrected chi connectivity index (χ0v) is 35.4. The van der Waals surface area contributed by atoms with E-state index in [9.17, 15) is 10.1 Å². The van der Waals surface area contributed by atoms with Crippen molar-refractivity contribution in [3.8, 4) is 12.1 Å². The van der Waals surface area contributed by atoms with Crippen LogP contribution < -0.4 is 14.5 Å². The molecule has 9 rings (SSSR count). The lowest BCUT2D eigenvalue weighted by Gasteiger charge is -2.44. The number of amides is 1. The second-order valence-corrected chi connectivity index (χ2v) is 17.5. The van der Waals surface area contributed by atoms with Crippen LogP contribution in [0.15, 0.2) is 78.9 Å². The molecule has 0 bridgehead atoms. The molecule has 60 heavy (non-hydrogen) atoms. The van der Waals surface area contributed by atoms with Gasteiger partial charge in [0, 0.05) is 57.8 Å². The molecule has 310 valence electrons. The van der Waals surface area contributed by atoms with Crippen LogP contribution in [0.2, 0.25) is 0 Å². The number of anilines is 2. The van der Waals surface area contributed by atoms with E-state index in [4.69, 9.17) is 24.5 Å². The number of nitrogens with zero attached hydrogens (tertiary/aromatic N) is 9. The first-order valence-electron chi connectivity index (χ1n) is 21.4. The molecule has 0 saturated carbocycles. The normalized spacial score (nSPS) is 21.1. The summed E-state index contributed by atoms with van der Waals surface area (Å²) in [5, 5.41) is 15.9. The number of fused-ring (bicyclic) bond motifs is 4. The molecule has 12 nitrogen and oxygen atoms in total. The number of benzene rings is 3. The predicted molar refractivity (Wildman–Crippen MR) is 231 cm³/mol. The van der Waals surface area contributed by atoms with Crippen molar-refractivity contribution in [2.75, 3.05) is 50.6 Å². The largest absolute Gasteiger partial charge is 0.461 e. The minimum absolute atomic E-state index is 0.111. The highest BCUT2D eigenvalue weighted by molar-refractivity contribution is 5.92. The van der Waals surface area contributed by atoms with Crippen molar-refractivity contribution in [3.63, 3.8) is 0 Å². The van der Waals surface area contributed by atoms with Crippen molar-refractivity contribution in [3.05, 3.63) is 129 Å². The summed E-state index contributed by atoms with van der Waals surface area (Å²) < 4.78 is 15.8. The van der Waals surface area contributed by atoms with E-state index in [1.54, 1.807) is 19.0 Å². The van der Waals surface area contributed by atoms with Gasteiger partial charge in [-0.05, 0) is 87.9 Å². The molecule has 5 heterocycles. The summed E-state index contributed by atoms with van der Waals surface area (Å²) >= 11 is 0. The average Bonchev–Trinajstić information content (AvgIpc) is 3.75. The monoisotopic (exact) mass is 805 g/mol. The van der Waals surface area contributed by atoms with Gasteiger partial charge >= 0.3 is 6.01 Å². The Kier molecular flexibility index (Phi) is 10.8. The fourth-order valence-corrected chi connectivity index (χ4v) is 9.77. The third-order valence-corrected chi connectivity index (χ3v) is 13.2. The van der Waals surface area contributed by atoms with E-state index in [-0.39, 0.29) is 11.4 Å². The zero-order valence-electron chi connectivity index (χ0n) is 35.4. The maximum atomic E-state index is 12.9. The Balaban J connectivity index is 1.11. The molecule has 1 saturated heterocycles. The number of nitriles is 1. The van der Waals surface area contributed by atoms with Crippen LogP contribution in [0.3, 0.4) is 0 Å². The second kappa shape index (κ2) is 16.4. The summed E-state index contributed by atoms with van der Waals surface area (Å²) in [6.45, 7) is 7.37. The van der Waals surface area contributed by atoms with Gasteiger partial charge < -0.3 is 24.2 Å². The topological polar surface area (TPSA) is 116 Å². The summed E-state index contributed by atoms with van der Waals surface area (Å²) in [6, 6.07) is 30.3. The van der Waals surface area contributed by atoms with E-state index in [1.807, 2.05) is 22.9 Å². The standard InChI is InChI=1S/C48H55N9O3/c1-47(21-12-23-54(47)4)33-59-46-50-41-27-48(60-32-39(41)44(51-46)55-24-13-25-57-37(31-55)26-40(52-57)45(58)53(2)3)22-11-18-36-19-20-42(38(28-49)43(36)48)56(29-34-14-7-5-8-15-34)30-35-16-9-6-10-17-35/h5-10,14-17,19-20,26H,11-13,18,21-25,27,29-33H2,1-4H3/t47-,48?/m0/s1. The molecular weight excluding hydrogens is 751 g/mol. The summed E-state index contributed by atoms with van der Waals surface area (Å²) in [6.07, 6.45) is 6.11. The van der Waals surface area contributed by atoms with Crippen LogP contribution in [-0.4, -0.2) is 81.8 Å². The molecule has 1 unspecified atom stereocenters. The van der Waals surface area contributed by atoms with Gasteiger partial charge in [0.15, 0.2) is 5.69 Å². The smallest absolute Gasteiger partial charge is 0.318 e. The van der Waals surface area contributed by atoms with E-state index in [0.29, 0.717) is 63.1 Å². The minimum Gasteiger partial charge on any atom is -0.461 e. The Morgan fingerprint density at radius 1 is 0.933 bits per heavy atom. The quantitative estimate of drug-likeness (QED) is 0.146. The molecule has 1 fully saturated rings. The number of likely N-dealkylation sites (tertiary alicyclic amines) is 1. The summed E-state index contributed by atoms with van der Waals surface area (Å²) in [5.41, 5.74) is 8.50. The number of likely N-dealkylation sites (N-methyl/N-ethyl adjacent to an activating group) is 1. The van der Waals surface area contributed by atoms with Gasteiger partial charge in [-0.1, -0.05) is 66.7 Å². The van der Waals surface area contributed by atoms with E-state index in [2.05, 4.69) is 95.4 Å². The summed E-state index contributed by atoms with van der Waals surface area (Å²) in [5.74, 6) is 0.685. The molecule has 4 aliphatic rings. The van der Waals surface area contributed by atoms with E-state index in [1.165, 1.54) is 11.1 Å². The SMILES string of the molecule is CN(C)C(=O)c1cc2n(n1)CCCN(c1nc(OC[C@]3(C)CCCN3C)nc3c1COC1(CCCc4ccc(N(Cc5ccccc5)Cc5ccccc5)c(C#N)c41)C3)C2.